The first-order valence-corrected chi connectivity index (χ1v) is 14.4. The van der Waals surface area contributed by atoms with E-state index >= 15 is 0 Å². The molecule has 0 aromatic carbocycles. The van der Waals surface area contributed by atoms with Gasteiger partial charge in [-0.1, -0.05) is 91.9 Å². The van der Waals surface area contributed by atoms with E-state index in [2.05, 4.69) is 40.8 Å². The minimum absolute atomic E-state index is 0.100. The van der Waals surface area contributed by atoms with Crippen molar-refractivity contribution >= 4 is 8.32 Å². The lowest BCUT2D eigenvalue weighted by Gasteiger charge is -2.36. The third-order valence-electron chi connectivity index (χ3n) is 6.09. The van der Waals surface area contributed by atoms with Crippen LogP contribution in [0, 0.1) is 0 Å². The standard InChI is InChI=1S/C23H50O2Si/c1-7-8-9-10-11-12-13-14-15-16-19-22(24)20-17-18-21-25-26(5,6)23(2,3)4/h22,24H,7-21H2,1-6H3/t22-/m0/s1. The van der Waals surface area contributed by atoms with Crippen LogP contribution in [0.3, 0.4) is 0 Å². The molecule has 2 nitrogen and oxygen atoms in total. The lowest BCUT2D eigenvalue weighted by Crippen LogP contribution is -2.40. The fourth-order valence-corrected chi connectivity index (χ4v) is 4.13. The van der Waals surface area contributed by atoms with Crippen LogP contribution in [-0.4, -0.2) is 26.1 Å². The molecule has 3 heteroatoms. The Hall–Kier alpha value is 0.137. The van der Waals surface area contributed by atoms with Crippen LogP contribution in [0.15, 0.2) is 0 Å². The zero-order valence-electron chi connectivity index (χ0n) is 19.0. The summed E-state index contributed by atoms with van der Waals surface area (Å²) in [6.07, 6.45) is 17.6. The van der Waals surface area contributed by atoms with Gasteiger partial charge in [0.2, 0.25) is 0 Å². The number of hydrogen-bond acceptors (Lipinski definition) is 2. The van der Waals surface area contributed by atoms with Crippen molar-refractivity contribution in [1.82, 2.24) is 0 Å². The number of unbranched alkanes of at least 4 members (excludes halogenated alkanes) is 10. The van der Waals surface area contributed by atoms with Crippen molar-refractivity contribution in [3.8, 4) is 0 Å². The monoisotopic (exact) mass is 386 g/mol. The van der Waals surface area contributed by atoms with E-state index in [1.807, 2.05) is 0 Å². The van der Waals surface area contributed by atoms with Gasteiger partial charge in [0.25, 0.3) is 0 Å². The van der Waals surface area contributed by atoms with Gasteiger partial charge < -0.3 is 9.53 Å². The molecule has 1 N–H and O–H groups in total. The highest BCUT2D eigenvalue weighted by atomic mass is 28.4. The fraction of sp³-hybridized carbons (Fsp3) is 1.00. The minimum Gasteiger partial charge on any atom is -0.417 e. The molecule has 0 rings (SSSR count). The maximum Gasteiger partial charge on any atom is 0.191 e. The molecule has 0 fully saturated rings. The van der Waals surface area contributed by atoms with E-state index in [-0.39, 0.29) is 6.10 Å². The molecular formula is C23H50O2Si. The van der Waals surface area contributed by atoms with Crippen LogP contribution >= 0.6 is 0 Å². The second kappa shape index (κ2) is 15.1. The lowest BCUT2D eigenvalue weighted by molar-refractivity contribution is 0.144. The number of hydrogen-bond donors (Lipinski definition) is 1. The lowest BCUT2D eigenvalue weighted by atomic mass is 10.0. The Kier molecular flexibility index (Phi) is 15.2. The van der Waals surface area contributed by atoms with Gasteiger partial charge in [0.05, 0.1) is 6.10 Å². The summed E-state index contributed by atoms with van der Waals surface area (Å²) in [6, 6.07) is 0. The number of aliphatic hydroxyl groups is 1. The second-order valence-corrected chi connectivity index (χ2v) is 14.5. The maximum atomic E-state index is 10.1. The van der Waals surface area contributed by atoms with Crippen molar-refractivity contribution < 1.29 is 9.53 Å². The smallest absolute Gasteiger partial charge is 0.191 e. The first kappa shape index (κ1) is 26.1. The zero-order valence-corrected chi connectivity index (χ0v) is 20.0. The average Bonchev–Trinajstić information content (AvgIpc) is 2.55. The Morgan fingerprint density at radius 2 is 1.15 bits per heavy atom. The fourth-order valence-electron chi connectivity index (χ4n) is 3.04. The molecule has 0 spiro atoms. The van der Waals surface area contributed by atoms with E-state index in [9.17, 15) is 5.11 Å². The Morgan fingerprint density at radius 1 is 0.731 bits per heavy atom. The molecule has 0 radical (unpaired) electrons. The third-order valence-corrected chi connectivity index (χ3v) is 10.6. The summed E-state index contributed by atoms with van der Waals surface area (Å²) < 4.78 is 6.20. The van der Waals surface area contributed by atoms with Crippen molar-refractivity contribution in [3.63, 3.8) is 0 Å². The van der Waals surface area contributed by atoms with E-state index in [0.29, 0.717) is 5.04 Å². The van der Waals surface area contributed by atoms with Crippen molar-refractivity contribution in [2.45, 2.75) is 142 Å². The zero-order chi connectivity index (χ0) is 19.9. The number of aliphatic hydroxyl groups excluding tert-OH is 1. The molecule has 0 amide bonds. The van der Waals surface area contributed by atoms with Crippen molar-refractivity contribution in [1.29, 1.82) is 0 Å². The normalized spacial score (nSPS) is 14.0. The summed E-state index contributed by atoms with van der Waals surface area (Å²) in [5.74, 6) is 0. The molecule has 0 saturated heterocycles. The van der Waals surface area contributed by atoms with Crippen molar-refractivity contribution in [2.24, 2.45) is 0 Å². The van der Waals surface area contributed by atoms with Crippen LogP contribution < -0.4 is 0 Å². The van der Waals surface area contributed by atoms with Crippen LogP contribution in [0.4, 0.5) is 0 Å². The first-order valence-electron chi connectivity index (χ1n) is 11.5. The molecule has 0 saturated carbocycles. The summed E-state index contributed by atoms with van der Waals surface area (Å²) in [4.78, 5) is 0. The highest BCUT2D eigenvalue weighted by Gasteiger charge is 2.36. The van der Waals surface area contributed by atoms with Crippen molar-refractivity contribution in [3.05, 3.63) is 0 Å². The number of rotatable bonds is 17. The van der Waals surface area contributed by atoms with Crippen molar-refractivity contribution in [2.75, 3.05) is 6.61 Å². The van der Waals surface area contributed by atoms with Crippen LogP contribution in [-0.2, 0) is 4.43 Å². The highest BCUT2D eigenvalue weighted by molar-refractivity contribution is 6.74. The highest BCUT2D eigenvalue weighted by Crippen LogP contribution is 2.36. The van der Waals surface area contributed by atoms with Gasteiger partial charge in [-0.05, 0) is 43.8 Å². The molecule has 0 aliphatic carbocycles. The molecule has 0 aromatic heterocycles. The van der Waals surface area contributed by atoms with Gasteiger partial charge in [0.15, 0.2) is 8.32 Å². The molecule has 26 heavy (non-hydrogen) atoms. The summed E-state index contributed by atoms with van der Waals surface area (Å²) in [5, 5.41) is 10.4. The molecule has 0 bridgehead atoms. The molecule has 0 unspecified atom stereocenters. The van der Waals surface area contributed by atoms with E-state index < -0.39 is 8.32 Å². The summed E-state index contributed by atoms with van der Waals surface area (Å²) in [7, 11) is -1.59. The topological polar surface area (TPSA) is 29.5 Å². The SMILES string of the molecule is CCCCCCCCCCCC[C@H](O)CCCCO[Si](C)(C)C(C)(C)C. The summed E-state index contributed by atoms with van der Waals surface area (Å²) in [6.45, 7) is 14.6. The van der Waals surface area contributed by atoms with Crippen LogP contribution in [0.1, 0.15) is 118 Å². The first-order chi connectivity index (χ1) is 12.2. The van der Waals surface area contributed by atoms with Gasteiger partial charge in [-0.3, -0.25) is 0 Å². The second-order valence-electron chi connectivity index (χ2n) is 9.73. The molecule has 0 aliphatic rings. The maximum absolute atomic E-state index is 10.1. The van der Waals surface area contributed by atoms with E-state index in [1.54, 1.807) is 0 Å². The predicted octanol–water partition coefficient (Wildman–Crippen LogP) is 7.85. The van der Waals surface area contributed by atoms with E-state index in [4.69, 9.17) is 4.43 Å². The van der Waals surface area contributed by atoms with E-state index in [1.165, 1.54) is 64.2 Å². The molecule has 0 aliphatic heterocycles. The Labute approximate surface area is 166 Å². The third kappa shape index (κ3) is 14.2. The largest absolute Gasteiger partial charge is 0.417 e. The summed E-state index contributed by atoms with van der Waals surface area (Å²) in [5.41, 5.74) is 0. The molecule has 0 aromatic rings. The van der Waals surface area contributed by atoms with Gasteiger partial charge in [-0.2, -0.15) is 0 Å². The quantitative estimate of drug-likeness (QED) is 0.204. The molecule has 0 heterocycles. The minimum atomic E-state index is -1.59. The van der Waals surface area contributed by atoms with Crippen LogP contribution in [0.2, 0.25) is 18.1 Å². The van der Waals surface area contributed by atoms with Gasteiger partial charge in [0.1, 0.15) is 0 Å². The van der Waals surface area contributed by atoms with Crippen LogP contribution in [0.5, 0.6) is 0 Å². The van der Waals surface area contributed by atoms with E-state index in [0.717, 1.165) is 32.3 Å². The van der Waals surface area contributed by atoms with Gasteiger partial charge in [0, 0.05) is 6.61 Å². The Bertz CT molecular complexity index is 310. The molecular weight excluding hydrogens is 336 g/mol. The van der Waals surface area contributed by atoms with Gasteiger partial charge >= 0.3 is 0 Å². The van der Waals surface area contributed by atoms with Crippen LogP contribution in [0.25, 0.3) is 0 Å². The molecule has 1 atom stereocenters. The average molecular weight is 387 g/mol. The Morgan fingerprint density at radius 3 is 1.62 bits per heavy atom. The predicted molar refractivity (Wildman–Crippen MR) is 119 cm³/mol. The Balaban J connectivity index is 3.41. The van der Waals surface area contributed by atoms with Gasteiger partial charge in [-0.15, -0.1) is 0 Å². The molecule has 158 valence electrons. The summed E-state index contributed by atoms with van der Waals surface area (Å²) >= 11 is 0. The van der Waals surface area contributed by atoms with Gasteiger partial charge in [-0.25, -0.2) is 0 Å².